The van der Waals surface area contributed by atoms with Crippen molar-refractivity contribution < 1.29 is 22.4 Å². The molecule has 9 heteroatoms. The first-order valence-corrected chi connectivity index (χ1v) is 13.3. The molecule has 3 aliphatic rings. The Hall–Kier alpha value is -3.43. The van der Waals surface area contributed by atoms with Crippen molar-refractivity contribution in [3.63, 3.8) is 0 Å². The topological polar surface area (TPSA) is 105 Å². The van der Waals surface area contributed by atoms with Crippen LogP contribution in [0, 0.1) is 11.7 Å². The molecule has 0 unspecified atom stereocenters. The minimum absolute atomic E-state index is 0.0342. The van der Waals surface area contributed by atoms with Crippen molar-refractivity contribution >= 4 is 21.7 Å². The second-order valence-electron chi connectivity index (χ2n) is 9.73. The minimum Gasteiger partial charge on any atom is -0.342 e. The van der Waals surface area contributed by atoms with Crippen molar-refractivity contribution in [3.05, 3.63) is 95.4 Å². The number of carbonyl (C=O) groups excluding carboxylic acids is 2. The van der Waals surface area contributed by atoms with Gasteiger partial charge in [-0.05, 0) is 73.1 Å². The van der Waals surface area contributed by atoms with E-state index < -0.39 is 27.8 Å². The minimum atomic E-state index is -3.72. The molecule has 1 atom stereocenters. The summed E-state index contributed by atoms with van der Waals surface area (Å²) in [5, 5.41) is 2.69. The van der Waals surface area contributed by atoms with Crippen LogP contribution in [0.25, 0.3) is 0 Å². The molecule has 3 aromatic rings. The molecule has 36 heavy (non-hydrogen) atoms. The number of carbonyl (C=O) groups is 2. The predicted octanol–water partition coefficient (Wildman–Crippen LogP) is 3.20. The van der Waals surface area contributed by atoms with E-state index in [-0.39, 0.29) is 34.8 Å². The number of nitrogens with one attached hydrogen (secondary N) is 2. The molecule has 1 amide bonds. The Morgan fingerprint density at radius 2 is 1.67 bits per heavy atom. The number of hydrogen-bond acceptors (Lipinski definition) is 5. The molecule has 7 nitrogen and oxygen atoms in total. The number of halogens is 1. The van der Waals surface area contributed by atoms with E-state index in [4.69, 9.17) is 0 Å². The lowest BCUT2D eigenvalue weighted by Gasteiger charge is -2.61. The number of benzene rings is 2. The number of rotatable bonds is 10. The Kier molecular flexibility index (Phi) is 6.44. The molecule has 3 saturated carbocycles. The summed E-state index contributed by atoms with van der Waals surface area (Å²) in [6.07, 6.45) is 4.27. The first-order valence-electron chi connectivity index (χ1n) is 11.8. The summed E-state index contributed by atoms with van der Waals surface area (Å²) in [5.41, 5.74) is 1.36. The van der Waals surface area contributed by atoms with Gasteiger partial charge in [-0.3, -0.25) is 9.59 Å². The maximum absolute atomic E-state index is 13.2. The molecular weight excluding hydrogens is 481 g/mol. The molecule has 2 aromatic carbocycles. The van der Waals surface area contributed by atoms with Crippen molar-refractivity contribution in [2.24, 2.45) is 5.92 Å². The highest BCUT2D eigenvalue weighted by molar-refractivity contribution is 7.89. The van der Waals surface area contributed by atoms with Crippen LogP contribution in [0.3, 0.4) is 0 Å². The normalized spacial score (nSPS) is 21.1. The molecule has 3 fully saturated rings. The molecule has 0 saturated heterocycles. The molecule has 0 spiro atoms. The quantitative estimate of drug-likeness (QED) is 0.439. The van der Waals surface area contributed by atoms with Crippen LogP contribution in [-0.4, -0.2) is 36.7 Å². The van der Waals surface area contributed by atoms with E-state index in [1.807, 2.05) is 30.3 Å². The number of pyridine rings is 1. The summed E-state index contributed by atoms with van der Waals surface area (Å²) in [4.78, 5) is 30.1. The van der Waals surface area contributed by atoms with Gasteiger partial charge in [0, 0.05) is 23.7 Å². The molecule has 1 aromatic heterocycles. The van der Waals surface area contributed by atoms with Gasteiger partial charge in [0.1, 0.15) is 5.82 Å². The van der Waals surface area contributed by atoms with Crippen LogP contribution in [0.1, 0.15) is 40.7 Å². The summed E-state index contributed by atoms with van der Waals surface area (Å²) in [6.45, 7) is 0. The third-order valence-corrected chi connectivity index (χ3v) is 8.42. The van der Waals surface area contributed by atoms with E-state index in [9.17, 15) is 22.4 Å². The monoisotopic (exact) mass is 507 g/mol. The second kappa shape index (κ2) is 9.55. The van der Waals surface area contributed by atoms with Crippen molar-refractivity contribution in [2.45, 2.75) is 48.7 Å². The Bertz CT molecular complexity index is 1360. The van der Waals surface area contributed by atoms with Gasteiger partial charge in [-0.1, -0.05) is 36.4 Å². The van der Waals surface area contributed by atoms with E-state index in [1.165, 1.54) is 36.5 Å². The lowest BCUT2D eigenvalue weighted by molar-refractivity contribution is -0.120. The number of aromatic nitrogens is 1. The zero-order valence-corrected chi connectivity index (χ0v) is 20.3. The van der Waals surface area contributed by atoms with E-state index in [0.29, 0.717) is 11.5 Å². The van der Waals surface area contributed by atoms with Gasteiger partial charge in [0.2, 0.25) is 0 Å². The highest BCUT2D eigenvalue weighted by Crippen LogP contribution is 2.57. The number of amides is 1. The number of sulfonamides is 1. The standard InChI is InChI=1S/C27H26FN3O4S/c28-22-9-7-21(8-10-22)26(33)30-23(12-18-4-2-1-3-5-18)24(32)13-19-6-11-25(29-17-19)36(34,35)31-27-14-20(15-27)16-27/h1-11,17,20,23,31H,12-16H2,(H,30,33)/t20?,23-,27?/m0/s1. The molecule has 0 radical (unpaired) electrons. The van der Waals surface area contributed by atoms with E-state index >= 15 is 0 Å². The maximum atomic E-state index is 13.2. The Balaban J connectivity index is 1.28. The fourth-order valence-electron chi connectivity index (χ4n) is 4.88. The Morgan fingerprint density at radius 1 is 0.972 bits per heavy atom. The van der Waals surface area contributed by atoms with Crippen LogP contribution in [0.15, 0.2) is 78.0 Å². The first-order chi connectivity index (χ1) is 17.2. The average Bonchev–Trinajstić information content (AvgIpc) is 2.82. The number of ketones is 1. The van der Waals surface area contributed by atoms with Crippen molar-refractivity contribution in [2.75, 3.05) is 0 Å². The molecule has 2 bridgehead atoms. The highest BCUT2D eigenvalue weighted by atomic mass is 32.2. The fourth-order valence-corrected chi connectivity index (χ4v) is 6.24. The molecular formula is C27H26FN3O4S. The third-order valence-electron chi connectivity index (χ3n) is 6.92. The highest BCUT2D eigenvalue weighted by Gasteiger charge is 2.58. The smallest absolute Gasteiger partial charge is 0.258 e. The summed E-state index contributed by atoms with van der Waals surface area (Å²) < 4.78 is 41.4. The summed E-state index contributed by atoms with van der Waals surface area (Å²) >= 11 is 0. The number of Topliss-reactive ketones (excluding diaryl/α,β-unsaturated/α-hetero) is 1. The summed E-state index contributed by atoms with van der Waals surface area (Å²) in [6, 6.07) is 16.5. The van der Waals surface area contributed by atoms with Crippen LogP contribution in [0.5, 0.6) is 0 Å². The van der Waals surface area contributed by atoms with Gasteiger partial charge in [0.25, 0.3) is 15.9 Å². The van der Waals surface area contributed by atoms with E-state index in [0.717, 1.165) is 24.8 Å². The number of hydrogen-bond donors (Lipinski definition) is 2. The van der Waals surface area contributed by atoms with Gasteiger partial charge in [0.05, 0.1) is 6.04 Å². The van der Waals surface area contributed by atoms with Crippen LogP contribution < -0.4 is 10.0 Å². The fraction of sp³-hybridized carbons (Fsp3) is 0.296. The molecule has 186 valence electrons. The summed E-state index contributed by atoms with van der Waals surface area (Å²) in [5.74, 6) is -0.551. The van der Waals surface area contributed by atoms with Crippen LogP contribution in [0.2, 0.25) is 0 Å². The van der Waals surface area contributed by atoms with Crippen LogP contribution in [-0.2, 0) is 27.7 Å². The lowest BCUT2D eigenvalue weighted by atomic mass is 9.50. The molecule has 1 heterocycles. The van der Waals surface area contributed by atoms with Gasteiger partial charge < -0.3 is 5.32 Å². The van der Waals surface area contributed by atoms with Crippen LogP contribution >= 0.6 is 0 Å². The van der Waals surface area contributed by atoms with Gasteiger partial charge >= 0.3 is 0 Å². The predicted molar refractivity (Wildman–Crippen MR) is 131 cm³/mol. The largest absolute Gasteiger partial charge is 0.342 e. The Labute approximate surface area is 209 Å². The second-order valence-corrected chi connectivity index (χ2v) is 11.4. The zero-order chi connectivity index (χ0) is 25.3. The Morgan fingerprint density at radius 3 is 2.25 bits per heavy atom. The van der Waals surface area contributed by atoms with Crippen molar-refractivity contribution in [3.8, 4) is 0 Å². The average molecular weight is 508 g/mol. The van der Waals surface area contributed by atoms with Gasteiger partial charge in [-0.15, -0.1) is 0 Å². The van der Waals surface area contributed by atoms with E-state index in [2.05, 4.69) is 15.0 Å². The zero-order valence-electron chi connectivity index (χ0n) is 19.5. The first kappa shape index (κ1) is 24.3. The van der Waals surface area contributed by atoms with Crippen molar-refractivity contribution in [1.29, 1.82) is 0 Å². The molecule has 6 rings (SSSR count). The van der Waals surface area contributed by atoms with E-state index in [1.54, 1.807) is 6.07 Å². The SMILES string of the molecule is O=C(N[C@@H](Cc1ccccc1)C(=O)Cc1ccc(S(=O)(=O)NC23CC(C2)C3)nc1)c1ccc(F)cc1. The van der Waals surface area contributed by atoms with Gasteiger partial charge in [0.15, 0.2) is 10.8 Å². The molecule has 2 N–H and O–H groups in total. The maximum Gasteiger partial charge on any atom is 0.258 e. The van der Waals surface area contributed by atoms with Crippen molar-refractivity contribution in [1.82, 2.24) is 15.0 Å². The molecule has 0 aliphatic heterocycles. The summed E-state index contributed by atoms with van der Waals surface area (Å²) in [7, 11) is -3.72. The van der Waals surface area contributed by atoms with Gasteiger partial charge in [-0.2, -0.15) is 0 Å². The van der Waals surface area contributed by atoms with Gasteiger partial charge in [-0.25, -0.2) is 22.5 Å². The number of nitrogens with zero attached hydrogens (tertiary/aromatic N) is 1. The molecule has 3 aliphatic carbocycles. The lowest BCUT2D eigenvalue weighted by Crippen LogP contribution is -2.68. The third kappa shape index (κ3) is 5.22. The van der Waals surface area contributed by atoms with Crippen LogP contribution in [0.4, 0.5) is 4.39 Å².